The molecule has 0 amide bonds. The third-order valence-corrected chi connectivity index (χ3v) is 2.53. The summed E-state index contributed by atoms with van der Waals surface area (Å²) in [5.41, 5.74) is 0.780. The monoisotopic (exact) mass is 177 g/mol. The molecule has 1 fully saturated rings. The number of aromatic nitrogens is 1. The maximum Gasteiger partial charge on any atom is 0.212 e. The van der Waals surface area contributed by atoms with Crippen LogP contribution >= 0.6 is 0 Å². The van der Waals surface area contributed by atoms with E-state index in [1.54, 1.807) is 19.4 Å². The molecule has 1 aliphatic carbocycles. The van der Waals surface area contributed by atoms with Gasteiger partial charge in [-0.1, -0.05) is 6.07 Å². The van der Waals surface area contributed by atoms with Crippen LogP contribution in [0.3, 0.4) is 0 Å². The summed E-state index contributed by atoms with van der Waals surface area (Å²) >= 11 is 0. The molecule has 1 aromatic heterocycles. The highest BCUT2D eigenvalue weighted by Crippen LogP contribution is 2.45. The van der Waals surface area contributed by atoms with Crippen molar-refractivity contribution in [2.75, 3.05) is 7.11 Å². The summed E-state index contributed by atoms with van der Waals surface area (Å²) in [5.74, 6) is 0.588. The van der Waals surface area contributed by atoms with Crippen molar-refractivity contribution < 1.29 is 9.53 Å². The van der Waals surface area contributed by atoms with Gasteiger partial charge >= 0.3 is 0 Å². The van der Waals surface area contributed by atoms with Crippen molar-refractivity contribution in [1.82, 2.24) is 4.98 Å². The van der Waals surface area contributed by atoms with Crippen LogP contribution in [0.4, 0.5) is 0 Å². The molecule has 0 unspecified atom stereocenters. The second-order valence-electron chi connectivity index (χ2n) is 3.36. The number of aldehydes is 1. The minimum absolute atomic E-state index is 0.223. The number of methoxy groups -OCH3 is 1. The Kier molecular flexibility index (Phi) is 1.79. The third-order valence-electron chi connectivity index (χ3n) is 2.53. The minimum atomic E-state index is -0.223. The number of carbonyl (C=O) groups excluding carboxylic acids is 1. The smallest absolute Gasteiger partial charge is 0.212 e. The Balaban J connectivity index is 2.28. The lowest BCUT2D eigenvalue weighted by Crippen LogP contribution is -2.07. The quantitative estimate of drug-likeness (QED) is 0.653. The molecule has 3 heteroatoms. The fourth-order valence-corrected chi connectivity index (χ4v) is 1.40. The van der Waals surface area contributed by atoms with Crippen LogP contribution in [0.25, 0.3) is 0 Å². The van der Waals surface area contributed by atoms with Crippen molar-refractivity contribution >= 4 is 6.29 Å². The van der Waals surface area contributed by atoms with E-state index in [2.05, 4.69) is 4.98 Å². The van der Waals surface area contributed by atoms with Gasteiger partial charge in [0.15, 0.2) is 0 Å². The molecule has 1 heterocycles. The van der Waals surface area contributed by atoms with Gasteiger partial charge in [-0.2, -0.15) is 0 Å². The van der Waals surface area contributed by atoms with Gasteiger partial charge in [0.05, 0.1) is 12.5 Å². The minimum Gasteiger partial charge on any atom is -0.481 e. The number of ether oxygens (including phenoxy) is 1. The number of hydrogen-bond acceptors (Lipinski definition) is 3. The number of carbonyl (C=O) groups is 1. The van der Waals surface area contributed by atoms with Gasteiger partial charge in [0.25, 0.3) is 0 Å². The maximum absolute atomic E-state index is 10.8. The van der Waals surface area contributed by atoms with Gasteiger partial charge in [-0.05, 0) is 18.4 Å². The molecule has 1 aliphatic rings. The summed E-state index contributed by atoms with van der Waals surface area (Å²) in [6.45, 7) is 0. The van der Waals surface area contributed by atoms with E-state index in [4.69, 9.17) is 4.74 Å². The van der Waals surface area contributed by atoms with Gasteiger partial charge in [-0.15, -0.1) is 0 Å². The highest BCUT2D eigenvalue weighted by Gasteiger charge is 2.44. The van der Waals surface area contributed by atoms with Crippen LogP contribution in [-0.2, 0) is 10.2 Å². The fourth-order valence-electron chi connectivity index (χ4n) is 1.40. The Morgan fingerprint density at radius 2 is 2.31 bits per heavy atom. The van der Waals surface area contributed by atoms with Gasteiger partial charge < -0.3 is 9.53 Å². The molecule has 0 spiro atoms. The maximum atomic E-state index is 10.8. The summed E-state index contributed by atoms with van der Waals surface area (Å²) in [7, 11) is 1.58. The molecule has 0 N–H and O–H groups in total. The highest BCUT2D eigenvalue weighted by molar-refractivity contribution is 5.72. The zero-order chi connectivity index (χ0) is 9.31. The Morgan fingerprint density at radius 3 is 2.69 bits per heavy atom. The van der Waals surface area contributed by atoms with Gasteiger partial charge in [0.2, 0.25) is 5.88 Å². The first-order valence-electron chi connectivity index (χ1n) is 4.28. The molecule has 2 rings (SSSR count). The van der Waals surface area contributed by atoms with Crippen LogP contribution in [-0.4, -0.2) is 18.4 Å². The van der Waals surface area contributed by atoms with E-state index in [0.717, 1.165) is 24.7 Å². The predicted octanol–water partition coefficient (Wildman–Crippen LogP) is 1.32. The van der Waals surface area contributed by atoms with E-state index >= 15 is 0 Å². The second-order valence-corrected chi connectivity index (χ2v) is 3.36. The molecule has 0 atom stereocenters. The first-order valence-corrected chi connectivity index (χ1v) is 4.28. The van der Waals surface area contributed by atoms with Crippen molar-refractivity contribution in [2.45, 2.75) is 18.3 Å². The van der Waals surface area contributed by atoms with E-state index in [1.807, 2.05) is 6.07 Å². The van der Waals surface area contributed by atoms with Gasteiger partial charge in [-0.3, -0.25) is 0 Å². The Labute approximate surface area is 76.7 Å². The van der Waals surface area contributed by atoms with Crippen molar-refractivity contribution in [3.8, 4) is 5.88 Å². The Morgan fingerprint density at radius 1 is 1.54 bits per heavy atom. The molecule has 0 aromatic carbocycles. The van der Waals surface area contributed by atoms with E-state index < -0.39 is 0 Å². The van der Waals surface area contributed by atoms with E-state index in [1.165, 1.54) is 0 Å². The lowest BCUT2D eigenvalue weighted by molar-refractivity contribution is -0.109. The van der Waals surface area contributed by atoms with Gasteiger partial charge in [-0.25, -0.2) is 4.98 Å². The summed E-state index contributed by atoms with van der Waals surface area (Å²) in [6, 6.07) is 3.70. The molecule has 1 saturated carbocycles. The van der Waals surface area contributed by atoms with Gasteiger partial charge in [0, 0.05) is 12.3 Å². The zero-order valence-electron chi connectivity index (χ0n) is 7.49. The van der Waals surface area contributed by atoms with Crippen LogP contribution in [0.5, 0.6) is 5.88 Å². The molecule has 1 aromatic rings. The number of rotatable bonds is 3. The molecule has 3 nitrogen and oxygen atoms in total. The van der Waals surface area contributed by atoms with Crippen LogP contribution in [0.15, 0.2) is 18.3 Å². The van der Waals surface area contributed by atoms with Crippen molar-refractivity contribution in [3.63, 3.8) is 0 Å². The molecule has 0 radical (unpaired) electrons. The molecule has 0 aliphatic heterocycles. The molecule has 0 saturated heterocycles. The lowest BCUT2D eigenvalue weighted by Gasteiger charge is -2.06. The third kappa shape index (κ3) is 1.30. The first-order chi connectivity index (χ1) is 6.30. The van der Waals surface area contributed by atoms with E-state index in [0.29, 0.717) is 5.88 Å². The topological polar surface area (TPSA) is 39.2 Å². The Hall–Kier alpha value is -1.38. The lowest BCUT2D eigenvalue weighted by atomic mass is 10.0. The van der Waals surface area contributed by atoms with E-state index in [-0.39, 0.29) is 5.41 Å². The zero-order valence-corrected chi connectivity index (χ0v) is 7.49. The summed E-state index contributed by atoms with van der Waals surface area (Å²) in [4.78, 5) is 14.9. The van der Waals surface area contributed by atoms with Crippen LogP contribution in [0.2, 0.25) is 0 Å². The van der Waals surface area contributed by atoms with Crippen LogP contribution in [0, 0.1) is 0 Å². The summed E-state index contributed by atoms with van der Waals surface area (Å²) in [6.07, 6.45) is 4.64. The molecule has 0 bridgehead atoms. The van der Waals surface area contributed by atoms with Crippen molar-refractivity contribution in [2.24, 2.45) is 0 Å². The van der Waals surface area contributed by atoms with Crippen LogP contribution < -0.4 is 4.74 Å². The average Bonchev–Trinajstić information content (AvgIpc) is 2.99. The standard InChI is InChI=1S/C10H11NO2/c1-13-9-3-2-8(6-11-9)10(7-12)4-5-10/h2-3,6-7H,4-5H2,1H3. The number of hydrogen-bond donors (Lipinski definition) is 0. The van der Waals surface area contributed by atoms with Crippen molar-refractivity contribution in [1.29, 1.82) is 0 Å². The SMILES string of the molecule is COc1ccc(C2(C=O)CC2)cn1. The number of pyridine rings is 1. The molecule has 68 valence electrons. The van der Waals surface area contributed by atoms with Crippen molar-refractivity contribution in [3.05, 3.63) is 23.9 Å². The fraction of sp³-hybridized carbons (Fsp3) is 0.400. The van der Waals surface area contributed by atoms with Crippen LogP contribution in [0.1, 0.15) is 18.4 Å². The van der Waals surface area contributed by atoms with E-state index in [9.17, 15) is 4.79 Å². The largest absolute Gasteiger partial charge is 0.481 e. The summed E-state index contributed by atoms with van der Waals surface area (Å²) in [5, 5.41) is 0. The molecule has 13 heavy (non-hydrogen) atoms. The predicted molar refractivity (Wildman–Crippen MR) is 47.8 cm³/mol. The highest BCUT2D eigenvalue weighted by atomic mass is 16.5. The molecular formula is C10H11NO2. The Bertz CT molecular complexity index is 314. The van der Waals surface area contributed by atoms with Gasteiger partial charge in [0.1, 0.15) is 6.29 Å². The first kappa shape index (κ1) is 8.23. The average molecular weight is 177 g/mol. The summed E-state index contributed by atoms with van der Waals surface area (Å²) < 4.78 is 4.94. The molecular weight excluding hydrogens is 166 g/mol. The normalized spacial score (nSPS) is 17.9. The second kappa shape index (κ2) is 2.83. The number of nitrogens with zero attached hydrogens (tertiary/aromatic N) is 1.